The molecule has 2 saturated heterocycles. The first-order valence-electron chi connectivity index (χ1n) is 7.92. The average Bonchev–Trinajstić information content (AvgIpc) is 2.88. The maximum atomic E-state index is 5.70. The van der Waals surface area contributed by atoms with Crippen molar-refractivity contribution >= 4 is 11.6 Å². The monoisotopic (exact) mass is 272 g/mol. The number of rotatable bonds is 7. The molecular formula is C15H29ClN2. The van der Waals surface area contributed by atoms with Gasteiger partial charge < -0.3 is 4.90 Å². The maximum Gasteiger partial charge on any atom is 0.0235 e. The van der Waals surface area contributed by atoms with Gasteiger partial charge in [-0.1, -0.05) is 19.3 Å². The molecule has 0 amide bonds. The van der Waals surface area contributed by atoms with Gasteiger partial charge in [-0.25, -0.2) is 0 Å². The summed E-state index contributed by atoms with van der Waals surface area (Å²) in [5, 5.41) is 0. The highest BCUT2D eigenvalue weighted by Gasteiger charge is 2.27. The van der Waals surface area contributed by atoms with E-state index in [4.69, 9.17) is 11.6 Å². The number of unbranched alkanes of at least 4 members (excludes halogenated alkanes) is 3. The number of hydrogen-bond acceptors (Lipinski definition) is 2. The van der Waals surface area contributed by atoms with E-state index in [0.29, 0.717) is 0 Å². The summed E-state index contributed by atoms with van der Waals surface area (Å²) in [6, 6.07) is 0.869. The Morgan fingerprint density at radius 3 is 2.44 bits per heavy atom. The fourth-order valence-corrected chi connectivity index (χ4v) is 3.57. The molecular weight excluding hydrogens is 244 g/mol. The molecule has 2 aliphatic rings. The lowest BCUT2D eigenvalue weighted by atomic mass is 10.1. The Kier molecular flexibility index (Phi) is 6.82. The fraction of sp³-hybridized carbons (Fsp3) is 1.00. The van der Waals surface area contributed by atoms with Crippen molar-refractivity contribution in [2.24, 2.45) is 0 Å². The Balaban J connectivity index is 1.56. The van der Waals surface area contributed by atoms with Gasteiger partial charge in [-0.2, -0.15) is 0 Å². The predicted octanol–water partition coefficient (Wildman–Crippen LogP) is 3.35. The van der Waals surface area contributed by atoms with Crippen LogP contribution in [0.4, 0.5) is 0 Å². The van der Waals surface area contributed by atoms with Crippen molar-refractivity contribution in [3.05, 3.63) is 0 Å². The van der Waals surface area contributed by atoms with Crippen LogP contribution in [0.15, 0.2) is 0 Å². The van der Waals surface area contributed by atoms with E-state index in [1.807, 2.05) is 0 Å². The van der Waals surface area contributed by atoms with Crippen LogP contribution in [0.5, 0.6) is 0 Å². The predicted molar refractivity (Wildman–Crippen MR) is 79.5 cm³/mol. The van der Waals surface area contributed by atoms with Gasteiger partial charge in [0.1, 0.15) is 0 Å². The second-order valence-corrected chi connectivity index (χ2v) is 6.32. The average molecular weight is 273 g/mol. The number of halogens is 1. The van der Waals surface area contributed by atoms with Crippen molar-refractivity contribution in [2.75, 3.05) is 38.6 Å². The molecule has 1 unspecified atom stereocenters. The van der Waals surface area contributed by atoms with Gasteiger partial charge in [-0.3, -0.25) is 4.90 Å². The molecule has 0 aromatic carbocycles. The van der Waals surface area contributed by atoms with Crippen molar-refractivity contribution in [2.45, 2.75) is 57.4 Å². The van der Waals surface area contributed by atoms with E-state index in [-0.39, 0.29) is 0 Å². The molecule has 106 valence electrons. The first-order chi connectivity index (χ1) is 8.90. The van der Waals surface area contributed by atoms with Crippen LogP contribution in [0, 0.1) is 0 Å². The maximum absolute atomic E-state index is 5.70. The lowest BCUT2D eigenvalue weighted by Crippen LogP contribution is -2.40. The third-order valence-electron chi connectivity index (χ3n) is 4.51. The van der Waals surface area contributed by atoms with E-state index >= 15 is 0 Å². The van der Waals surface area contributed by atoms with Gasteiger partial charge in [0.05, 0.1) is 0 Å². The minimum atomic E-state index is 0.834. The molecule has 2 rings (SSSR count). The summed E-state index contributed by atoms with van der Waals surface area (Å²) in [4.78, 5) is 5.43. The van der Waals surface area contributed by atoms with Crippen LogP contribution in [-0.2, 0) is 0 Å². The van der Waals surface area contributed by atoms with Crippen LogP contribution in [0.25, 0.3) is 0 Å². The Morgan fingerprint density at radius 1 is 0.889 bits per heavy atom. The number of hydrogen-bond donors (Lipinski definition) is 0. The van der Waals surface area contributed by atoms with Crippen molar-refractivity contribution in [3.63, 3.8) is 0 Å². The van der Waals surface area contributed by atoms with Gasteiger partial charge in [0.15, 0.2) is 0 Å². The molecule has 0 aromatic rings. The van der Waals surface area contributed by atoms with Gasteiger partial charge in [-0.05, 0) is 58.3 Å². The van der Waals surface area contributed by atoms with Crippen LogP contribution >= 0.6 is 11.6 Å². The molecule has 0 aliphatic carbocycles. The van der Waals surface area contributed by atoms with Crippen LogP contribution < -0.4 is 0 Å². The Labute approximate surface area is 118 Å². The molecule has 0 bridgehead atoms. The normalized spacial score (nSPS) is 26.8. The molecule has 0 aromatic heterocycles. The first kappa shape index (κ1) is 14.6. The molecule has 3 heteroatoms. The van der Waals surface area contributed by atoms with Crippen molar-refractivity contribution < 1.29 is 0 Å². The third-order valence-corrected chi connectivity index (χ3v) is 4.78. The molecule has 18 heavy (non-hydrogen) atoms. The standard InChI is InChI=1S/C15H29ClN2/c16-9-4-1-2-5-10-17-13-8-15(14-17)18-11-6-3-7-12-18/h15H,1-14H2. The first-order valence-corrected chi connectivity index (χ1v) is 8.46. The summed E-state index contributed by atoms with van der Waals surface area (Å²) in [5.41, 5.74) is 0. The van der Waals surface area contributed by atoms with E-state index in [1.54, 1.807) is 0 Å². The number of nitrogens with zero attached hydrogens (tertiary/aromatic N) is 2. The fourth-order valence-electron chi connectivity index (χ4n) is 3.38. The summed E-state index contributed by atoms with van der Waals surface area (Å²) in [5.74, 6) is 0.834. The highest BCUT2D eigenvalue weighted by Crippen LogP contribution is 2.20. The Hall–Kier alpha value is 0.210. The number of piperidine rings is 1. The minimum Gasteiger partial charge on any atom is -0.302 e. The lowest BCUT2D eigenvalue weighted by molar-refractivity contribution is 0.162. The van der Waals surface area contributed by atoms with Crippen LogP contribution in [0.3, 0.4) is 0 Å². The SMILES string of the molecule is ClCCCCCCN1CCC(N2CCCCC2)C1. The molecule has 0 N–H and O–H groups in total. The van der Waals surface area contributed by atoms with Gasteiger partial charge in [0.2, 0.25) is 0 Å². The van der Waals surface area contributed by atoms with E-state index in [2.05, 4.69) is 9.80 Å². The second-order valence-electron chi connectivity index (χ2n) is 5.94. The quantitative estimate of drug-likeness (QED) is 0.518. The molecule has 2 aliphatic heterocycles. The van der Waals surface area contributed by atoms with E-state index < -0.39 is 0 Å². The Morgan fingerprint density at radius 2 is 1.67 bits per heavy atom. The summed E-state index contributed by atoms with van der Waals surface area (Å²) in [7, 11) is 0. The zero-order valence-corrected chi connectivity index (χ0v) is 12.5. The van der Waals surface area contributed by atoms with Gasteiger partial charge >= 0.3 is 0 Å². The van der Waals surface area contributed by atoms with E-state index in [1.165, 1.54) is 84.1 Å². The molecule has 2 fully saturated rings. The molecule has 1 atom stereocenters. The largest absolute Gasteiger partial charge is 0.302 e. The highest BCUT2D eigenvalue weighted by atomic mass is 35.5. The Bertz CT molecular complexity index is 217. The van der Waals surface area contributed by atoms with Gasteiger partial charge in [-0.15, -0.1) is 11.6 Å². The second kappa shape index (κ2) is 8.39. The minimum absolute atomic E-state index is 0.834. The van der Waals surface area contributed by atoms with Crippen molar-refractivity contribution in [1.82, 2.24) is 9.80 Å². The summed E-state index contributed by atoms with van der Waals surface area (Å²) in [6.07, 6.45) is 10.9. The van der Waals surface area contributed by atoms with Crippen LogP contribution in [-0.4, -0.2) is 54.4 Å². The molecule has 0 saturated carbocycles. The lowest BCUT2D eigenvalue weighted by Gasteiger charge is -2.32. The highest BCUT2D eigenvalue weighted by molar-refractivity contribution is 6.17. The molecule has 0 spiro atoms. The van der Waals surface area contributed by atoms with Crippen LogP contribution in [0.2, 0.25) is 0 Å². The van der Waals surface area contributed by atoms with Crippen molar-refractivity contribution in [3.8, 4) is 0 Å². The van der Waals surface area contributed by atoms with Gasteiger partial charge in [0.25, 0.3) is 0 Å². The molecule has 2 heterocycles. The zero-order chi connectivity index (χ0) is 12.6. The molecule has 0 radical (unpaired) electrons. The van der Waals surface area contributed by atoms with E-state index in [9.17, 15) is 0 Å². The number of likely N-dealkylation sites (tertiary alicyclic amines) is 2. The summed E-state index contributed by atoms with van der Waals surface area (Å²) >= 11 is 5.70. The topological polar surface area (TPSA) is 6.48 Å². The zero-order valence-electron chi connectivity index (χ0n) is 11.7. The van der Waals surface area contributed by atoms with E-state index in [0.717, 1.165) is 11.9 Å². The summed E-state index contributed by atoms with van der Waals surface area (Å²) < 4.78 is 0. The smallest absolute Gasteiger partial charge is 0.0235 e. The summed E-state index contributed by atoms with van der Waals surface area (Å²) in [6.45, 7) is 6.68. The number of alkyl halides is 1. The molecule has 2 nitrogen and oxygen atoms in total. The third kappa shape index (κ3) is 4.71. The van der Waals surface area contributed by atoms with Crippen LogP contribution in [0.1, 0.15) is 51.4 Å². The van der Waals surface area contributed by atoms with Crippen molar-refractivity contribution in [1.29, 1.82) is 0 Å². The van der Waals surface area contributed by atoms with Gasteiger partial charge in [0, 0.05) is 18.5 Å².